The van der Waals surface area contributed by atoms with Gasteiger partial charge in [0.1, 0.15) is 0 Å². The van der Waals surface area contributed by atoms with Crippen molar-refractivity contribution in [2.24, 2.45) is 5.41 Å². The molecular formula is C23H30N2. The van der Waals surface area contributed by atoms with Crippen molar-refractivity contribution in [2.75, 3.05) is 23.5 Å². The van der Waals surface area contributed by atoms with E-state index in [4.69, 9.17) is 0 Å². The Balaban J connectivity index is 1.94. The topological polar surface area (TPSA) is 6.48 Å². The zero-order valence-electron chi connectivity index (χ0n) is 16.6. The minimum absolute atomic E-state index is 0.143. The van der Waals surface area contributed by atoms with E-state index in [2.05, 4.69) is 101 Å². The van der Waals surface area contributed by atoms with Crippen LogP contribution in [0.15, 0.2) is 42.5 Å². The summed E-state index contributed by atoms with van der Waals surface area (Å²) in [6, 6.07) is 15.7. The number of hydrogen-bond donors (Lipinski definition) is 0. The van der Waals surface area contributed by atoms with E-state index < -0.39 is 0 Å². The van der Waals surface area contributed by atoms with Crippen LogP contribution in [0, 0.1) is 5.41 Å². The molecule has 0 spiro atoms. The summed E-state index contributed by atoms with van der Waals surface area (Å²) in [4.78, 5) is 4.81. The maximum absolute atomic E-state index is 2.47. The summed E-state index contributed by atoms with van der Waals surface area (Å²) >= 11 is 0. The minimum Gasteiger partial charge on any atom is -0.355 e. The number of nitrogens with zero attached hydrogens (tertiary/aromatic N) is 2. The summed E-state index contributed by atoms with van der Waals surface area (Å²) in [6.07, 6.45) is 0. The van der Waals surface area contributed by atoms with Crippen LogP contribution in [0.5, 0.6) is 0 Å². The highest BCUT2D eigenvalue weighted by Gasteiger charge is 2.57. The molecule has 0 N–H and O–H groups in total. The molecule has 25 heavy (non-hydrogen) atoms. The molecule has 0 bridgehead atoms. The number of benzene rings is 2. The van der Waals surface area contributed by atoms with Crippen molar-refractivity contribution < 1.29 is 0 Å². The van der Waals surface area contributed by atoms with Crippen molar-refractivity contribution in [3.63, 3.8) is 0 Å². The van der Waals surface area contributed by atoms with Crippen LogP contribution in [0.3, 0.4) is 0 Å². The highest BCUT2D eigenvalue weighted by molar-refractivity contribution is 5.84. The van der Waals surface area contributed by atoms with E-state index in [-0.39, 0.29) is 16.2 Å². The standard InChI is InChI=1S/C23H30N2/c1-21(2)17-13-19-20(14-18(17)22(3,4)23(21,5)6)25(15-24(19)7)16-11-9-8-10-12-16/h8-14H,15H2,1-7H3. The van der Waals surface area contributed by atoms with Gasteiger partial charge in [-0.1, -0.05) is 59.7 Å². The Kier molecular flexibility index (Phi) is 3.18. The number of fused-ring (bicyclic) bond motifs is 2. The van der Waals surface area contributed by atoms with E-state index >= 15 is 0 Å². The van der Waals surface area contributed by atoms with Crippen molar-refractivity contribution >= 4 is 17.1 Å². The first-order valence-corrected chi connectivity index (χ1v) is 9.32. The number of hydrogen-bond acceptors (Lipinski definition) is 2. The van der Waals surface area contributed by atoms with Gasteiger partial charge in [-0.15, -0.1) is 0 Å². The van der Waals surface area contributed by atoms with E-state index in [1.165, 1.54) is 28.2 Å². The quantitative estimate of drug-likeness (QED) is 0.647. The van der Waals surface area contributed by atoms with Gasteiger partial charge < -0.3 is 9.80 Å². The molecule has 0 unspecified atom stereocenters. The molecule has 0 saturated heterocycles. The molecule has 0 aromatic heterocycles. The second kappa shape index (κ2) is 4.81. The van der Waals surface area contributed by atoms with Crippen molar-refractivity contribution in [1.29, 1.82) is 0 Å². The molecule has 2 aliphatic rings. The summed E-state index contributed by atoms with van der Waals surface area (Å²) in [6.45, 7) is 15.4. The Morgan fingerprint density at radius 3 is 1.84 bits per heavy atom. The van der Waals surface area contributed by atoms with E-state index in [0.29, 0.717) is 0 Å². The third kappa shape index (κ3) is 1.91. The lowest BCUT2D eigenvalue weighted by Crippen LogP contribution is -2.42. The van der Waals surface area contributed by atoms with E-state index in [9.17, 15) is 0 Å². The highest BCUT2D eigenvalue weighted by Crippen LogP contribution is 2.63. The highest BCUT2D eigenvalue weighted by atomic mass is 15.4. The SMILES string of the molecule is CN1CN(c2ccccc2)c2cc3c(cc21)C(C)(C)C(C)(C)C3(C)C. The predicted molar refractivity (Wildman–Crippen MR) is 108 cm³/mol. The molecule has 132 valence electrons. The van der Waals surface area contributed by atoms with Gasteiger partial charge in [0.05, 0.1) is 18.0 Å². The summed E-state index contributed by atoms with van der Waals surface area (Å²) in [5.41, 5.74) is 7.49. The van der Waals surface area contributed by atoms with Gasteiger partial charge in [0.15, 0.2) is 0 Å². The Morgan fingerprint density at radius 2 is 1.28 bits per heavy atom. The number of rotatable bonds is 1. The monoisotopic (exact) mass is 334 g/mol. The third-order valence-electron chi connectivity index (χ3n) is 7.71. The van der Waals surface area contributed by atoms with E-state index in [1.54, 1.807) is 0 Å². The maximum Gasteiger partial charge on any atom is 0.0950 e. The Labute approximate surface area is 152 Å². The van der Waals surface area contributed by atoms with Gasteiger partial charge in [0, 0.05) is 12.7 Å². The summed E-state index contributed by atoms with van der Waals surface area (Å²) in [5.74, 6) is 0. The van der Waals surface area contributed by atoms with Crippen molar-refractivity contribution in [3.8, 4) is 0 Å². The van der Waals surface area contributed by atoms with Gasteiger partial charge in [-0.2, -0.15) is 0 Å². The largest absolute Gasteiger partial charge is 0.355 e. The second-order valence-corrected chi connectivity index (χ2v) is 9.36. The molecule has 1 heterocycles. The van der Waals surface area contributed by atoms with Crippen LogP contribution >= 0.6 is 0 Å². The Morgan fingerprint density at radius 1 is 0.760 bits per heavy atom. The van der Waals surface area contributed by atoms with Gasteiger partial charge in [0.2, 0.25) is 0 Å². The lowest BCUT2D eigenvalue weighted by atomic mass is 9.59. The average Bonchev–Trinajstić information content (AvgIpc) is 2.94. The molecule has 0 fully saturated rings. The number of anilines is 3. The first kappa shape index (κ1) is 16.5. The zero-order valence-corrected chi connectivity index (χ0v) is 16.6. The third-order valence-corrected chi connectivity index (χ3v) is 7.71. The maximum atomic E-state index is 2.47. The molecule has 2 aromatic rings. The van der Waals surface area contributed by atoms with E-state index in [1.807, 2.05) is 0 Å². The van der Waals surface area contributed by atoms with Gasteiger partial charge in [-0.05, 0) is 51.6 Å². The predicted octanol–water partition coefficient (Wildman–Crippen LogP) is 5.83. The van der Waals surface area contributed by atoms with Crippen LogP contribution in [-0.4, -0.2) is 13.7 Å². The average molecular weight is 335 g/mol. The van der Waals surface area contributed by atoms with E-state index in [0.717, 1.165) is 6.67 Å². The normalized spacial score (nSPS) is 22.0. The van der Waals surface area contributed by atoms with Crippen molar-refractivity contribution in [2.45, 2.75) is 52.4 Å². The van der Waals surface area contributed by atoms with Crippen LogP contribution in [-0.2, 0) is 10.8 Å². The Bertz CT molecular complexity index is 831. The fourth-order valence-corrected chi connectivity index (χ4v) is 4.78. The molecule has 0 saturated carbocycles. The Hall–Kier alpha value is -1.96. The summed E-state index contributed by atoms with van der Waals surface area (Å²) < 4.78 is 0. The number of para-hydroxylation sites is 1. The van der Waals surface area contributed by atoms with Crippen LogP contribution in [0.25, 0.3) is 0 Å². The molecule has 1 aliphatic carbocycles. The van der Waals surface area contributed by atoms with Crippen LogP contribution in [0.4, 0.5) is 17.1 Å². The fraction of sp³-hybridized carbons (Fsp3) is 0.478. The zero-order chi connectivity index (χ0) is 18.2. The van der Waals surface area contributed by atoms with Crippen LogP contribution in [0.2, 0.25) is 0 Å². The molecule has 0 radical (unpaired) electrons. The molecule has 0 atom stereocenters. The first-order chi connectivity index (χ1) is 11.6. The lowest BCUT2D eigenvalue weighted by Gasteiger charge is -2.44. The van der Waals surface area contributed by atoms with Crippen LogP contribution < -0.4 is 9.80 Å². The van der Waals surface area contributed by atoms with Gasteiger partial charge >= 0.3 is 0 Å². The van der Waals surface area contributed by atoms with Gasteiger partial charge in [0.25, 0.3) is 0 Å². The van der Waals surface area contributed by atoms with Crippen molar-refractivity contribution in [1.82, 2.24) is 0 Å². The molecular weight excluding hydrogens is 304 g/mol. The fourth-order valence-electron chi connectivity index (χ4n) is 4.78. The van der Waals surface area contributed by atoms with Crippen LogP contribution in [0.1, 0.15) is 52.7 Å². The molecule has 1 aliphatic heterocycles. The smallest absolute Gasteiger partial charge is 0.0950 e. The molecule has 2 aromatic carbocycles. The summed E-state index contributed by atoms with van der Waals surface area (Å²) in [5, 5.41) is 0. The lowest BCUT2D eigenvalue weighted by molar-refractivity contribution is 0.125. The van der Waals surface area contributed by atoms with Gasteiger partial charge in [-0.25, -0.2) is 0 Å². The summed E-state index contributed by atoms with van der Waals surface area (Å²) in [7, 11) is 2.20. The molecule has 2 nitrogen and oxygen atoms in total. The van der Waals surface area contributed by atoms with Gasteiger partial charge in [-0.3, -0.25) is 0 Å². The minimum atomic E-state index is 0.143. The first-order valence-electron chi connectivity index (χ1n) is 9.32. The van der Waals surface area contributed by atoms with Crippen molar-refractivity contribution in [3.05, 3.63) is 53.6 Å². The molecule has 0 amide bonds. The molecule has 2 heteroatoms. The second-order valence-electron chi connectivity index (χ2n) is 9.36. The molecule has 4 rings (SSSR count).